The van der Waals surface area contributed by atoms with Crippen LogP contribution in [0.25, 0.3) is 0 Å². The number of carbonyl (C=O) groups is 3. The molecule has 0 aliphatic carbocycles. The van der Waals surface area contributed by atoms with Gasteiger partial charge in [0.2, 0.25) is 5.91 Å². The predicted octanol–water partition coefficient (Wildman–Crippen LogP) is 2.51. The first-order chi connectivity index (χ1) is 11.6. The molecule has 0 spiro atoms. The maximum atomic E-state index is 12.1. The summed E-state index contributed by atoms with van der Waals surface area (Å²) in [5.41, 5.74) is 2.52. The molecule has 6 heteroatoms. The topological polar surface area (TPSA) is 75.3 Å². The fraction of sp³-hybridized carbons (Fsp3) is 0.167. The molecule has 1 aliphatic heterocycles. The van der Waals surface area contributed by atoms with Gasteiger partial charge in [0.15, 0.2) is 0 Å². The van der Waals surface area contributed by atoms with Gasteiger partial charge in [-0.1, -0.05) is 54.2 Å². The third-order valence-electron chi connectivity index (χ3n) is 3.70. The number of thioether (sulfide) groups is 1. The number of carbonyl (C=O) groups excluding carboxylic acids is 3. The molecule has 0 saturated carbocycles. The van der Waals surface area contributed by atoms with Crippen LogP contribution in [0.3, 0.4) is 0 Å². The van der Waals surface area contributed by atoms with Crippen molar-refractivity contribution >= 4 is 28.8 Å². The van der Waals surface area contributed by atoms with Crippen LogP contribution in [0.5, 0.6) is 0 Å². The first-order valence-electron chi connectivity index (χ1n) is 7.54. The Bertz CT molecular complexity index is 760. The van der Waals surface area contributed by atoms with Crippen molar-refractivity contribution in [2.75, 3.05) is 0 Å². The molecule has 1 heterocycles. The SMILES string of the molecule is O=C1NC(=O)C(Cc2ccc(C(=O)NCc3ccccc3)cc2)S1. The van der Waals surface area contributed by atoms with Gasteiger partial charge < -0.3 is 5.32 Å². The van der Waals surface area contributed by atoms with Gasteiger partial charge in [0, 0.05) is 12.1 Å². The van der Waals surface area contributed by atoms with E-state index in [1.807, 2.05) is 42.5 Å². The molecule has 0 bridgehead atoms. The Morgan fingerprint density at radius 2 is 1.71 bits per heavy atom. The number of amides is 3. The number of rotatable bonds is 5. The molecule has 0 radical (unpaired) electrons. The second-order valence-corrected chi connectivity index (χ2v) is 6.63. The molecule has 1 aliphatic rings. The van der Waals surface area contributed by atoms with Crippen molar-refractivity contribution in [3.05, 3.63) is 71.3 Å². The van der Waals surface area contributed by atoms with Gasteiger partial charge in [-0.15, -0.1) is 0 Å². The summed E-state index contributed by atoms with van der Waals surface area (Å²) in [7, 11) is 0. The molecule has 1 atom stereocenters. The Hall–Kier alpha value is -2.60. The van der Waals surface area contributed by atoms with E-state index in [2.05, 4.69) is 10.6 Å². The molecule has 122 valence electrons. The minimum Gasteiger partial charge on any atom is -0.348 e. The standard InChI is InChI=1S/C18H16N2O3S/c21-16(19-11-13-4-2-1-3-5-13)14-8-6-12(7-9-14)10-15-17(22)20-18(23)24-15/h1-9,15H,10-11H2,(H,19,21)(H,20,22,23). The van der Waals surface area contributed by atoms with E-state index in [0.29, 0.717) is 18.5 Å². The molecule has 2 N–H and O–H groups in total. The highest BCUT2D eigenvalue weighted by molar-refractivity contribution is 8.15. The maximum Gasteiger partial charge on any atom is 0.286 e. The lowest BCUT2D eigenvalue weighted by Gasteiger charge is -2.08. The van der Waals surface area contributed by atoms with E-state index < -0.39 is 5.25 Å². The summed E-state index contributed by atoms with van der Waals surface area (Å²) in [6.45, 7) is 0.475. The third kappa shape index (κ3) is 4.02. The molecule has 3 rings (SSSR count). The summed E-state index contributed by atoms with van der Waals surface area (Å²) in [5, 5.41) is 4.44. The van der Waals surface area contributed by atoms with Crippen LogP contribution in [0, 0.1) is 0 Å². The third-order valence-corrected chi connectivity index (χ3v) is 4.68. The lowest BCUT2D eigenvalue weighted by molar-refractivity contribution is -0.118. The van der Waals surface area contributed by atoms with Crippen LogP contribution < -0.4 is 10.6 Å². The molecule has 2 aromatic rings. The quantitative estimate of drug-likeness (QED) is 0.877. The zero-order valence-corrected chi connectivity index (χ0v) is 13.6. The summed E-state index contributed by atoms with van der Waals surface area (Å²) in [6.07, 6.45) is 0.466. The van der Waals surface area contributed by atoms with Crippen LogP contribution in [0.15, 0.2) is 54.6 Å². The van der Waals surface area contributed by atoms with Crippen molar-refractivity contribution in [1.82, 2.24) is 10.6 Å². The van der Waals surface area contributed by atoms with Crippen molar-refractivity contribution in [2.45, 2.75) is 18.2 Å². The Labute approximate surface area is 143 Å². The highest BCUT2D eigenvalue weighted by Crippen LogP contribution is 2.23. The molecular formula is C18H16N2O3S. The van der Waals surface area contributed by atoms with Gasteiger partial charge in [-0.25, -0.2) is 0 Å². The first-order valence-corrected chi connectivity index (χ1v) is 8.42. The first kappa shape index (κ1) is 16.3. The van der Waals surface area contributed by atoms with E-state index in [0.717, 1.165) is 22.9 Å². The van der Waals surface area contributed by atoms with Crippen LogP contribution in [-0.4, -0.2) is 22.3 Å². The molecule has 0 aromatic heterocycles. The van der Waals surface area contributed by atoms with E-state index in [1.54, 1.807) is 12.1 Å². The van der Waals surface area contributed by atoms with E-state index >= 15 is 0 Å². The number of imide groups is 1. The average Bonchev–Trinajstić information content (AvgIpc) is 2.91. The smallest absolute Gasteiger partial charge is 0.286 e. The molecule has 3 amide bonds. The fourth-order valence-electron chi connectivity index (χ4n) is 2.41. The van der Waals surface area contributed by atoms with Crippen molar-refractivity contribution < 1.29 is 14.4 Å². The minimum absolute atomic E-state index is 0.145. The van der Waals surface area contributed by atoms with Gasteiger partial charge in [-0.05, 0) is 29.7 Å². The highest BCUT2D eigenvalue weighted by Gasteiger charge is 2.31. The van der Waals surface area contributed by atoms with E-state index in [-0.39, 0.29) is 17.1 Å². The molecular weight excluding hydrogens is 324 g/mol. The summed E-state index contributed by atoms with van der Waals surface area (Å²) >= 11 is 1.01. The van der Waals surface area contributed by atoms with Gasteiger partial charge in [0.25, 0.3) is 11.1 Å². The van der Waals surface area contributed by atoms with Crippen molar-refractivity contribution in [2.24, 2.45) is 0 Å². The van der Waals surface area contributed by atoms with Gasteiger partial charge in [0.1, 0.15) is 0 Å². The van der Waals surface area contributed by atoms with Gasteiger partial charge in [-0.2, -0.15) is 0 Å². The number of hydrogen-bond donors (Lipinski definition) is 2. The monoisotopic (exact) mass is 340 g/mol. The van der Waals surface area contributed by atoms with Crippen molar-refractivity contribution in [3.8, 4) is 0 Å². The summed E-state index contributed by atoms with van der Waals surface area (Å²) < 4.78 is 0. The van der Waals surface area contributed by atoms with E-state index in [1.165, 1.54) is 0 Å². The number of nitrogens with one attached hydrogen (secondary N) is 2. The van der Waals surface area contributed by atoms with E-state index in [9.17, 15) is 14.4 Å². The molecule has 1 fully saturated rings. The van der Waals surface area contributed by atoms with Gasteiger partial charge in [-0.3, -0.25) is 19.7 Å². The van der Waals surface area contributed by atoms with Crippen molar-refractivity contribution in [1.29, 1.82) is 0 Å². The lowest BCUT2D eigenvalue weighted by Crippen LogP contribution is -2.25. The summed E-state index contributed by atoms with van der Waals surface area (Å²) in [4.78, 5) is 34.9. The number of benzene rings is 2. The predicted molar refractivity (Wildman–Crippen MR) is 92.7 cm³/mol. The van der Waals surface area contributed by atoms with Gasteiger partial charge in [0.05, 0.1) is 5.25 Å². The molecule has 1 saturated heterocycles. The zero-order chi connectivity index (χ0) is 16.9. The highest BCUT2D eigenvalue weighted by atomic mass is 32.2. The molecule has 1 unspecified atom stereocenters. The Morgan fingerprint density at radius 1 is 1.00 bits per heavy atom. The van der Waals surface area contributed by atoms with Crippen LogP contribution in [0.4, 0.5) is 4.79 Å². The van der Waals surface area contributed by atoms with Crippen LogP contribution in [-0.2, 0) is 17.8 Å². The summed E-state index contributed by atoms with van der Waals surface area (Å²) in [6, 6.07) is 16.8. The Balaban J connectivity index is 1.56. The fourth-order valence-corrected chi connectivity index (χ4v) is 3.27. The largest absolute Gasteiger partial charge is 0.348 e. The molecule has 2 aromatic carbocycles. The maximum absolute atomic E-state index is 12.1. The number of hydrogen-bond acceptors (Lipinski definition) is 4. The normalized spacial score (nSPS) is 16.8. The van der Waals surface area contributed by atoms with Crippen LogP contribution >= 0.6 is 11.8 Å². The van der Waals surface area contributed by atoms with Gasteiger partial charge >= 0.3 is 0 Å². The van der Waals surface area contributed by atoms with Crippen molar-refractivity contribution in [3.63, 3.8) is 0 Å². The van der Waals surface area contributed by atoms with Crippen LogP contribution in [0.2, 0.25) is 0 Å². The minimum atomic E-state index is -0.393. The Morgan fingerprint density at radius 3 is 2.33 bits per heavy atom. The lowest BCUT2D eigenvalue weighted by atomic mass is 10.1. The van der Waals surface area contributed by atoms with Crippen LogP contribution in [0.1, 0.15) is 21.5 Å². The summed E-state index contributed by atoms with van der Waals surface area (Å²) in [5.74, 6) is -0.400. The molecule has 24 heavy (non-hydrogen) atoms. The zero-order valence-electron chi connectivity index (χ0n) is 12.8. The second kappa shape index (κ2) is 7.31. The second-order valence-electron chi connectivity index (χ2n) is 5.45. The average molecular weight is 340 g/mol. The van der Waals surface area contributed by atoms with E-state index in [4.69, 9.17) is 0 Å². The molecule has 5 nitrogen and oxygen atoms in total. The Kier molecular flexibility index (Phi) is 4.96.